The molecule has 0 saturated heterocycles. The Morgan fingerprint density at radius 2 is 2.50 bits per heavy atom. The van der Waals surface area contributed by atoms with Crippen molar-refractivity contribution in [2.75, 3.05) is 6.54 Å². The molecule has 12 heavy (non-hydrogen) atoms. The zero-order valence-corrected chi connectivity index (χ0v) is 7.29. The minimum Gasteiger partial charge on any atom is -0.330 e. The average Bonchev–Trinajstić information content (AvgIpc) is 2.62. The summed E-state index contributed by atoms with van der Waals surface area (Å²) in [4.78, 5) is 0. The van der Waals surface area contributed by atoms with E-state index in [1.54, 1.807) is 0 Å². The molecular weight excluding hydrogens is 150 g/mol. The van der Waals surface area contributed by atoms with Crippen LogP contribution in [0.4, 0.5) is 0 Å². The van der Waals surface area contributed by atoms with Crippen LogP contribution in [0.15, 0.2) is 6.20 Å². The quantitative estimate of drug-likeness (QED) is 0.717. The fourth-order valence-electron chi connectivity index (χ4n) is 1.83. The molecule has 2 heterocycles. The minimum atomic E-state index is 0.782. The van der Waals surface area contributed by atoms with Crippen molar-refractivity contribution in [3.05, 3.63) is 17.5 Å². The molecular formula is C9H15N3. The van der Waals surface area contributed by atoms with Crippen LogP contribution in [0.25, 0.3) is 0 Å². The molecule has 1 aliphatic heterocycles. The summed E-state index contributed by atoms with van der Waals surface area (Å²) in [6, 6.07) is 0. The molecule has 0 atom stereocenters. The first-order valence-electron chi connectivity index (χ1n) is 4.65. The second kappa shape index (κ2) is 3.27. The van der Waals surface area contributed by atoms with Crippen LogP contribution in [0.1, 0.15) is 24.1 Å². The first-order chi connectivity index (χ1) is 5.92. The first-order valence-corrected chi connectivity index (χ1v) is 4.65. The summed E-state index contributed by atoms with van der Waals surface area (Å²) >= 11 is 0. The maximum absolute atomic E-state index is 5.46. The van der Waals surface area contributed by atoms with Crippen molar-refractivity contribution >= 4 is 0 Å². The maximum atomic E-state index is 5.46. The van der Waals surface area contributed by atoms with Crippen LogP contribution in [0.3, 0.4) is 0 Å². The molecule has 0 saturated carbocycles. The molecule has 0 fully saturated rings. The fraction of sp³-hybridized carbons (Fsp3) is 0.667. The summed E-state index contributed by atoms with van der Waals surface area (Å²) in [6.45, 7) is 1.89. The van der Waals surface area contributed by atoms with Crippen molar-refractivity contribution in [3.63, 3.8) is 0 Å². The maximum Gasteiger partial charge on any atom is 0.0524 e. The third-order valence-electron chi connectivity index (χ3n) is 2.47. The third kappa shape index (κ3) is 1.25. The van der Waals surface area contributed by atoms with Crippen LogP contribution < -0.4 is 5.73 Å². The van der Waals surface area contributed by atoms with Crippen molar-refractivity contribution in [2.24, 2.45) is 5.73 Å². The monoisotopic (exact) mass is 165 g/mol. The van der Waals surface area contributed by atoms with E-state index in [9.17, 15) is 0 Å². The summed E-state index contributed by atoms with van der Waals surface area (Å²) in [6.07, 6.45) is 6.66. The Hall–Kier alpha value is -0.830. The molecule has 0 amide bonds. The zero-order valence-electron chi connectivity index (χ0n) is 7.29. The largest absolute Gasteiger partial charge is 0.330 e. The van der Waals surface area contributed by atoms with Crippen LogP contribution >= 0.6 is 0 Å². The van der Waals surface area contributed by atoms with Gasteiger partial charge in [-0.3, -0.25) is 4.68 Å². The number of hydrogen-bond acceptors (Lipinski definition) is 2. The van der Waals surface area contributed by atoms with Gasteiger partial charge in [-0.2, -0.15) is 5.10 Å². The predicted octanol–water partition coefficient (Wildman–Crippen LogP) is 0.721. The normalized spacial score (nSPS) is 15.1. The van der Waals surface area contributed by atoms with E-state index in [4.69, 9.17) is 5.73 Å². The highest BCUT2D eigenvalue weighted by atomic mass is 15.3. The van der Waals surface area contributed by atoms with Gasteiger partial charge in [0.05, 0.1) is 6.20 Å². The lowest BCUT2D eigenvalue weighted by atomic mass is 10.1. The summed E-state index contributed by atoms with van der Waals surface area (Å²) < 4.78 is 2.13. The second-order valence-corrected chi connectivity index (χ2v) is 3.34. The van der Waals surface area contributed by atoms with Crippen molar-refractivity contribution in [1.29, 1.82) is 0 Å². The van der Waals surface area contributed by atoms with Gasteiger partial charge < -0.3 is 5.73 Å². The number of nitrogens with two attached hydrogens (primary N) is 1. The molecule has 2 N–H and O–H groups in total. The summed E-state index contributed by atoms with van der Waals surface area (Å²) in [5.41, 5.74) is 8.33. The third-order valence-corrected chi connectivity index (χ3v) is 2.47. The molecule has 66 valence electrons. The molecule has 1 aromatic heterocycles. The Morgan fingerprint density at radius 3 is 3.33 bits per heavy atom. The fourth-order valence-corrected chi connectivity index (χ4v) is 1.83. The number of nitrogens with zero attached hydrogens (tertiary/aromatic N) is 2. The standard InChI is InChI=1S/C9H15N3/c10-5-1-3-8-7-11-12-6-2-4-9(8)12/h7H,1-6,10H2. The molecule has 1 aromatic rings. The predicted molar refractivity (Wildman–Crippen MR) is 47.9 cm³/mol. The first kappa shape index (κ1) is 7.80. The van der Waals surface area contributed by atoms with Crippen LogP contribution in [0, 0.1) is 0 Å². The summed E-state index contributed by atoms with van der Waals surface area (Å²) in [5, 5.41) is 4.33. The van der Waals surface area contributed by atoms with E-state index in [0.717, 1.165) is 25.9 Å². The molecule has 0 spiro atoms. The van der Waals surface area contributed by atoms with Crippen LogP contribution in [-0.2, 0) is 19.4 Å². The molecule has 3 nitrogen and oxygen atoms in total. The molecule has 0 aromatic carbocycles. The molecule has 2 rings (SSSR count). The lowest BCUT2D eigenvalue weighted by Crippen LogP contribution is -2.01. The minimum absolute atomic E-state index is 0.782. The lowest BCUT2D eigenvalue weighted by Gasteiger charge is -1.97. The Bertz CT molecular complexity index is 265. The van der Waals surface area contributed by atoms with Crippen molar-refractivity contribution in [3.8, 4) is 0 Å². The molecule has 0 aliphatic carbocycles. The van der Waals surface area contributed by atoms with E-state index in [2.05, 4.69) is 9.78 Å². The van der Waals surface area contributed by atoms with E-state index in [1.807, 2.05) is 6.20 Å². The average molecular weight is 165 g/mol. The second-order valence-electron chi connectivity index (χ2n) is 3.34. The van der Waals surface area contributed by atoms with Gasteiger partial charge in [-0.25, -0.2) is 0 Å². The number of fused-ring (bicyclic) bond motifs is 1. The number of rotatable bonds is 3. The Balaban J connectivity index is 2.11. The van der Waals surface area contributed by atoms with Crippen LogP contribution in [0.5, 0.6) is 0 Å². The van der Waals surface area contributed by atoms with Crippen molar-refractivity contribution in [1.82, 2.24) is 9.78 Å². The zero-order chi connectivity index (χ0) is 8.39. The Morgan fingerprint density at radius 1 is 1.58 bits per heavy atom. The summed E-state index contributed by atoms with van der Waals surface area (Å²) in [5.74, 6) is 0. The van der Waals surface area contributed by atoms with E-state index < -0.39 is 0 Å². The van der Waals surface area contributed by atoms with Crippen LogP contribution in [-0.4, -0.2) is 16.3 Å². The van der Waals surface area contributed by atoms with Crippen LogP contribution in [0.2, 0.25) is 0 Å². The van der Waals surface area contributed by atoms with Gasteiger partial charge in [0.2, 0.25) is 0 Å². The number of aryl methyl sites for hydroxylation is 2. The highest BCUT2D eigenvalue weighted by molar-refractivity contribution is 5.20. The summed E-state index contributed by atoms with van der Waals surface area (Å²) in [7, 11) is 0. The molecule has 0 bridgehead atoms. The van der Waals surface area contributed by atoms with E-state index in [1.165, 1.54) is 24.1 Å². The molecule has 3 heteroatoms. The molecule has 0 unspecified atom stereocenters. The smallest absolute Gasteiger partial charge is 0.0524 e. The van der Waals surface area contributed by atoms with E-state index in [0.29, 0.717) is 0 Å². The van der Waals surface area contributed by atoms with Gasteiger partial charge in [-0.05, 0) is 37.8 Å². The van der Waals surface area contributed by atoms with Gasteiger partial charge in [0.1, 0.15) is 0 Å². The Labute approximate surface area is 72.6 Å². The van der Waals surface area contributed by atoms with Gasteiger partial charge in [0.15, 0.2) is 0 Å². The molecule has 0 radical (unpaired) electrons. The van der Waals surface area contributed by atoms with Gasteiger partial charge in [0, 0.05) is 12.2 Å². The topological polar surface area (TPSA) is 43.8 Å². The van der Waals surface area contributed by atoms with Gasteiger partial charge >= 0.3 is 0 Å². The van der Waals surface area contributed by atoms with Gasteiger partial charge in [-0.15, -0.1) is 0 Å². The highest BCUT2D eigenvalue weighted by Crippen LogP contribution is 2.18. The van der Waals surface area contributed by atoms with Crippen molar-refractivity contribution < 1.29 is 0 Å². The van der Waals surface area contributed by atoms with Gasteiger partial charge in [-0.1, -0.05) is 0 Å². The SMILES string of the molecule is NCCCc1cnn2c1CCC2. The van der Waals surface area contributed by atoms with E-state index in [-0.39, 0.29) is 0 Å². The Kier molecular flexibility index (Phi) is 2.13. The van der Waals surface area contributed by atoms with Crippen molar-refractivity contribution in [2.45, 2.75) is 32.2 Å². The van der Waals surface area contributed by atoms with E-state index >= 15 is 0 Å². The number of aromatic nitrogens is 2. The number of hydrogen-bond donors (Lipinski definition) is 1. The van der Waals surface area contributed by atoms with Gasteiger partial charge in [0.25, 0.3) is 0 Å². The lowest BCUT2D eigenvalue weighted by molar-refractivity contribution is 0.656. The molecule has 1 aliphatic rings. The highest BCUT2D eigenvalue weighted by Gasteiger charge is 2.14.